The Kier molecular flexibility index (Phi) is 6.09. The molecule has 1 aliphatic rings. The molecule has 1 fully saturated rings. The molecule has 1 saturated heterocycles. The molecule has 1 aliphatic heterocycles. The Hall–Kier alpha value is -2.21. The highest BCUT2D eigenvalue weighted by Gasteiger charge is 2.36. The second-order valence-corrected chi connectivity index (χ2v) is 5.45. The van der Waals surface area contributed by atoms with E-state index in [2.05, 4.69) is 18.4 Å². The molecular formula is C19H23NO2. The molecule has 3 nitrogen and oxygen atoms in total. The molecule has 3 heteroatoms. The van der Waals surface area contributed by atoms with Crippen molar-refractivity contribution in [2.45, 2.75) is 51.3 Å². The van der Waals surface area contributed by atoms with Crippen LogP contribution in [0.2, 0.25) is 0 Å². The Morgan fingerprint density at radius 1 is 1.41 bits per heavy atom. The number of carbonyl (C=O) groups excluding carboxylic acids is 1. The predicted octanol–water partition coefficient (Wildman–Crippen LogP) is 4.15. The van der Waals surface area contributed by atoms with E-state index >= 15 is 0 Å². The number of carbonyl (C=O) groups is 1. The zero-order valence-corrected chi connectivity index (χ0v) is 13.1. The van der Waals surface area contributed by atoms with Gasteiger partial charge in [-0.1, -0.05) is 42.3 Å². The number of rotatable bonds is 5. The van der Waals surface area contributed by atoms with E-state index in [9.17, 15) is 4.79 Å². The van der Waals surface area contributed by atoms with Gasteiger partial charge in [-0.15, -0.1) is 12.5 Å². The summed E-state index contributed by atoms with van der Waals surface area (Å²) in [4.78, 5) is 14.3. The van der Waals surface area contributed by atoms with Crippen molar-refractivity contribution in [3.63, 3.8) is 0 Å². The lowest BCUT2D eigenvalue weighted by Gasteiger charge is -2.27. The molecule has 0 aliphatic carbocycles. The van der Waals surface area contributed by atoms with Crippen molar-refractivity contribution in [1.29, 1.82) is 0 Å². The van der Waals surface area contributed by atoms with Crippen LogP contribution in [-0.2, 0) is 11.3 Å². The highest BCUT2D eigenvalue weighted by Crippen LogP contribution is 2.28. The molecule has 0 N–H and O–H groups in total. The van der Waals surface area contributed by atoms with Crippen molar-refractivity contribution >= 4 is 6.09 Å². The second-order valence-electron chi connectivity index (χ2n) is 5.45. The fourth-order valence-electron chi connectivity index (χ4n) is 2.86. The van der Waals surface area contributed by atoms with Crippen molar-refractivity contribution in [2.75, 3.05) is 0 Å². The van der Waals surface area contributed by atoms with Gasteiger partial charge in [0.15, 0.2) is 0 Å². The Labute approximate surface area is 133 Å². The fourth-order valence-corrected chi connectivity index (χ4v) is 2.86. The smallest absolute Gasteiger partial charge is 0.411 e. The maximum atomic E-state index is 12.5. The van der Waals surface area contributed by atoms with Crippen LogP contribution in [0.15, 0.2) is 43.0 Å². The van der Waals surface area contributed by atoms with E-state index < -0.39 is 0 Å². The normalized spacial score (nSPS) is 20.1. The van der Waals surface area contributed by atoms with Gasteiger partial charge in [0.2, 0.25) is 0 Å². The molecule has 0 spiro atoms. The number of hydrogen-bond acceptors (Lipinski definition) is 2. The summed E-state index contributed by atoms with van der Waals surface area (Å²) in [6.45, 7) is 5.87. The minimum atomic E-state index is -0.261. The second kappa shape index (κ2) is 8.29. The first-order valence-corrected chi connectivity index (χ1v) is 7.78. The minimum Gasteiger partial charge on any atom is -0.445 e. The van der Waals surface area contributed by atoms with E-state index in [1.807, 2.05) is 48.2 Å². The number of nitrogens with zero attached hydrogens (tertiary/aromatic N) is 1. The molecule has 116 valence electrons. The van der Waals surface area contributed by atoms with Crippen LogP contribution in [-0.4, -0.2) is 23.1 Å². The summed E-state index contributed by atoms with van der Waals surface area (Å²) in [5.41, 5.74) is 0.996. The lowest BCUT2D eigenvalue weighted by atomic mass is 10.1. The molecule has 2 rings (SSSR count). The number of hydrogen-bond donors (Lipinski definition) is 0. The van der Waals surface area contributed by atoms with E-state index in [1.165, 1.54) is 0 Å². The van der Waals surface area contributed by atoms with Crippen LogP contribution in [0.25, 0.3) is 0 Å². The molecule has 0 radical (unpaired) electrons. The molecule has 1 aromatic carbocycles. The molecule has 1 amide bonds. The van der Waals surface area contributed by atoms with Gasteiger partial charge in [0.1, 0.15) is 6.61 Å². The lowest BCUT2D eigenvalue weighted by molar-refractivity contribution is 0.0841. The maximum absolute atomic E-state index is 12.5. The quantitative estimate of drug-likeness (QED) is 0.603. The standard InChI is InChI=1S/C19H23NO2/c1-3-5-12-18-14-13-17(9-4-2)20(18)19(21)22-15-16-10-7-6-8-11-16/h3,6-8,10-11,17-18H,1,5,12-15H2,2H3/t17-,18+/m0/s1. The zero-order valence-electron chi connectivity index (χ0n) is 13.1. The van der Waals surface area contributed by atoms with E-state index in [4.69, 9.17) is 4.74 Å². The first-order valence-electron chi connectivity index (χ1n) is 7.78. The largest absolute Gasteiger partial charge is 0.445 e. The van der Waals surface area contributed by atoms with Crippen LogP contribution in [0.4, 0.5) is 4.79 Å². The summed E-state index contributed by atoms with van der Waals surface area (Å²) < 4.78 is 5.49. The van der Waals surface area contributed by atoms with E-state index in [1.54, 1.807) is 0 Å². The van der Waals surface area contributed by atoms with E-state index in [0.29, 0.717) is 6.61 Å². The van der Waals surface area contributed by atoms with Gasteiger partial charge in [0.25, 0.3) is 0 Å². The number of benzene rings is 1. The van der Waals surface area contributed by atoms with Crippen LogP contribution < -0.4 is 0 Å². The number of likely N-dealkylation sites (tertiary alicyclic amines) is 1. The lowest BCUT2D eigenvalue weighted by Crippen LogP contribution is -2.41. The SMILES string of the molecule is C=CCC[C@@H]1CC[C@H](C#CC)N1C(=O)OCc1ccccc1. The number of ether oxygens (including phenoxy) is 1. The third kappa shape index (κ3) is 4.14. The first-order chi connectivity index (χ1) is 10.8. The molecule has 1 heterocycles. The topological polar surface area (TPSA) is 29.5 Å². The molecule has 0 unspecified atom stereocenters. The summed E-state index contributed by atoms with van der Waals surface area (Å²) in [6.07, 6.45) is 5.36. The van der Waals surface area contributed by atoms with Crippen LogP contribution in [0.5, 0.6) is 0 Å². The summed E-state index contributed by atoms with van der Waals surface area (Å²) in [5.74, 6) is 6.05. The van der Waals surface area contributed by atoms with Gasteiger partial charge < -0.3 is 4.74 Å². The molecule has 22 heavy (non-hydrogen) atoms. The predicted molar refractivity (Wildman–Crippen MR) is 88.2 cm³/mol. The van der Waals surface area contributed by atoms with Crippen LogP contribution >= 0.6 is 0 Å². The molecule has 0 aromatic heterocycles. The van der Waals surface area contributed by atoms with Crippen LogP contribution in [0.1, 0.15) is 38.2 Å². The van der Waals surface area contributed by atoms with E-state index in [-0.39, 0.29) is 18.2 Å². The van der Waals surface area contributed by atoms with Gasteiger partial charge >= 0.3 is 6.09 Å². The van der Waals surface area contributed by atoms with Gasteiger partial charge in [-0.3, -0.25) is 4.90 Å². The highest BCUT2D eigenvalue weighted by atomic mass is 16.6. The third-order valence-electron chi connectivity index (χ3n) is 3.93. The van der Waals surface area contributed by atoms with Crippen molar-refractivity contribution in [2.24, 2.45) is 0 Å². The van der Waals surface area contributed by atoms with Crippen molar-refractivity contribution in [1.82, 2.24) is 4.90 Å². The average Bonchev–Trinajstić information content (AvgIpc) is 2.95. The van der Waals surface area contributed by atoms with Gasteiger partial charge in [0.05, 0.1) is 6.04 Å². The molecule has 1 aromatic rings. The van der Waals surface area contributed by atoms with Crippen molar-refractivity contribution < 1.29 is 9.53 Å². The Morgan fingerprint density at radius 2 is 2.18 bits per heavy atom. The summed E-state index contributed by atoms with van der Waals surface area (Å²) >= 11 is 0. The van der Waals surface area contributed by atoms with Crippen molar-refractivity contribution in [3.05, 3.63) is 48.6 Å². The van der Waals surface area contributed by atoms with Crippen molar-refractivity contribution in [3.8, 4) is 11.8 Å². The highest BCUT2D eigenvalue weighted by molar-refractivity contribution is 5.69. The van der Waals surface area contributed by atoms with E-state index in [0.717, 1.165) is 31.2 Å². The molecule has 0 bridgehead atoms. The van der Waals surface area contributed by atoms with Gasteiger partial charge in [0, 0.05) is 6.04 Å². The number of amides is 1. The minimum absolute atomic E-state index is 0.0249. The summed E-state index contributed by atoms with van der Waals surface area (Å²) in [6, 6.07) is 9.92. The number of allylic oxidation sites excluding steroid dienone is 1. The monoisotopic (exact) mass is 297 g/mol. The maximum Gasteiger partial charge on any atom is 0.411 e. The van der Waals surface area contributed by atoms with Crippen LogP contribution in [0.3, 0.4) is 0 Å². The molecular weight excluding hydrogens is 274 g/mol. The first kappa shape index (κ1) is 16.2. The Morgan fingerprint density at radius 3 is 2.86 bits per heavy atom. The third-order valence-corrected chi connectivity index (χ3v) is 3.93. The Balaban J connectivity index is 2.00. The average molecular weight is 297 g/mol. The van der Waals surface area contributed by atoms with Gasteiger partial charge in [-0.2, -0.15) is 0 Å². The Bertz CT molecular complexity index is 556. The summed E-state index contributed by atoms with van der Waals surface area (Å²) in [7, 11) is 0. The molecule has 2 atom stereocenters. The van der Waals surface area contributed by atoms with Gasteiger partial charge in [-0.05, 0) is 38.2 Å². The van der Waals surface area contributed by atoms with Crippen LogP contribution in [0, 0.1) is 11.8 Å². The van der Waals surface area contributed by atoms with Gasteiger partial charge in [-0.25, -0.2) is 4.79 Å². The summed E-state index contributed by atoms with van der Waals surface area (Å²) in [5, 5.41) is 0. The zero-order chi connectivity index (χ0) is 15.8. The molecule has 0 saturated carbocycles. The fraction of sp³-hybridized carbons (Fsp3) is 0.421.